The van der Waals surface area contributed by atoms with E-state index < -0.39 is 5.60 Å². The van der Waals surface area contributed by atoms with Crippen LogP contribution in [0.5, 0.6) is 0 Å². The molecule has 0 saturated carbocycles. The summed E-state index contributed by atoms with van der Waals surface area (Å²) in [7, 11) is 0. The largest absolute Gasteiger partial charge is 0.385 e. The molecule has 2 rings (SSSR count). The predicted molar refractivity (Wildman–Crippen MR) is 80.4 cm³/mol. The van der Waals surface area contributed by atoms with E-state index >= 15 is 0 Å². The second kappa shape index (κ2) is 6.06. The highest BCUT2D eigenvalue weighted by Crippen LogP contribution is 2.25. The molecule has 0 aliphatic heterocycles. The zero-order valence-corrected chi connectivity index (χ0v) is 12.1. The fraction of sp³-hybridized carbons (Fsp3) is 0.235. The van der Waals surface area contributed by atoms with Crippen molar-refractivity contribution < 1.29 is 14.3 Å². The van der Waals surface area contributed by atoms with Crippen molar-refractivity contribution in [3.63, 3.8) is 0 Å². The lowest BCUT2D eigenvalue weighted by Gasteiger charge is -2.23. The summed E-state index contributed by atoms with van der Waals surface area (Å²) in [5, 5.41) is 13.1. The first kappa shape index (κ1) is 15.2. The minimum absolute atomic E-state index is 0.0760. The van der Waals surface area contributed by atoms with Gasteiger partial charge in [-0.05, 0) is 43.2 Å². The Morgan fingerprint density at radius 2 is 1.90 bits per heavy atom. The molecule has 0 radical (unpaired) electrons. The van der Waals surface area contributed by atoms with E-state index in [2.05, 4.69) is 5.32 Å². The molecular weight excluding hydrogens is 269 g/mol. The zero-order chi connectivity index (χ0) is 15.5. The van der Waals surface area contributed by atoms with Crippen LogP contribution in [0.25, 0.3) is 0 Å². The van der Waals surface area contributed by atoms with Gasteiger partial charge < -0.3 is 10.4 Å². The van der Waals surface area contributed by atoms with Gasteiger partial charge in [-0.1, -0.05) is 30.3 Å². The molecule has 2 aromatic rings. The van der Waals surface area contributed by atoms with Crippen LogP contribution in [0.4, 0.5) is 10.1 Å². The van der Waals surface area contributed by atoms with Crippen LogP contribution in [-0.2, 0) is 10.4 Å². The molecule has 1 amide bonds. The number of carbonyl (C=O) groups is 1. The zero-order valence-electron chi connectivity index (χ0n) is 12.1. The number of hydrogen-bond donors (Lipinski definition) is 2. The number of amides is 1. The third-order valence-electron chi connectivity index (χ3n) is 3.34. The lowest BCUT2D eigenvalue weighted by molar-refractivity contribution is -0.120. The van der Waals surface area contributed by atoms with Gasteiger partial charge in [-0.25, -0.2) is 4.39 Å². The van der Waals surface area contributed by atoms with Crippen LogP contribution < -0.4 is 5.32 Å². The van der Waals surface area contributed by atoms with Gasteiger partial charge in [0, 0.05) is 5.69 Å². The van der Waals surface area contributed by atoms with Gasteiger partial charge in [0.05, 0.1) is 12.0 Å². The normalized spacial score (nSPS) is 13.5. The topological polar surface area (TPSA) is 49.3 Å². The molecule has 0 bridgehead atoms. The Labute approximate surface area is 123 Å². The Morgan fingerprint density at radius 1 is 1.24 bits per heavy atom. The smallest absolute Gasteiger partial charge is 0.227 e. The van der Waals surface area contributed by atoms with E-state index in [9.17, 15) is 14.3 Å². The van der Waals surface area contributed by atoms with E-state index in [1.807, 2.05) is 18.2 Å². The summed E-state index contributed by atoms with van der Waals surface area (Å²) in [6.07, 6.45) is -0.0760. The highest BCUT2D eigenvalue weighted by molar-refractivity contribution is 5.91. The molecule has 0 saturated heterocycles. The molecule has 1 unspecified atom stereocenters. The summed E-state index contributed by atoms with van der Waals surface area (Å²) in [4.78, 5) is 12.0. The number of nitrogens with one attached hydrogen (secondary N) is 1. The Hall–Kier alpha value is -2.20. The van der Waals surface area contributed by atoms with E-state index in [1.54, 1.807) is 32.0 Å². The third-order valence-corrected chi connectivity index (χ3v) is 3.34. The van der Waals surface area contributed by atoms with E-state index in [4.69, 9.17) is 0 Å². The maximum atomic E-state index is 13.2. The predicted octanol–water partition coefficient (Wildman–Crippen LogP) is 3.37. The van der Waals surface area contributed by atoms with Crippen LogP contribution in [0.1, 0.15) is 24.5 Å². The van der Waals surface area contributed by atoms with E-state index in [-0.39, 0.29) is 18.1 Å². The third kappa shape index (κ3) is 3.89. The van der Waals surface area contributed by atoms with Crippen molar-refractivity contribution in [2.24, 2.45) is 0 Å². The number of benzene rings is 2. The van der Waals surface area contributed by atoms with E-state index in [0.29, 0.717) is 16.8 Å². The Bertz CT molecular complexity index is 638. The molecule has 0 aliphatic rings. The number of anilines is 1. The molecule has 2 N–H and O–H groups in total. The maximum absolute atomic E-state index is 13.2. The van der Waals surface area contributed by atoms with Gasteiger partial charge in [-0.2, -0.15) is 0 Å². The van der Waals surface area contributed by atoms with Gasteiger partial charge in [-0.3, -0.25) is 4.79 Å². The number of rotatable bonds is 4. The van der Waals surface area contributed by atoms with Crippen molar-refractivity contribution in [2.45, 2.75) is 25.9 Å². The molecule has 2 aromatic carbocycles. The summed E-state index contributed by atoms with van der Waals surface area (Å²) in [6.45, 7) is 3.23. The standard InChI is InChI=1S/C17H18FNO2/c1-12-10-14(8-9-15(12)18)19-16(20)11-17(2,21)13-6-4-3-5-7-13/h3-10,21H,11H2,1-2H3,(H,19,20). The average Bonchev–Trinajstić information content (AvgIpc) is 2.43. The van der Waals surface area contributed by atoms with Gasteiger partial charge in [0.1, 0.15) is 5.82 Å². The summed E-state index contributed by atoms with van der Waals surface area (Å²) in [6, 6.07) is 13.4. The molecular formula is C17H18FNO2. The quantitative estimate of drug-likeness (QED) is 0.905. The summed E-state index contributed by atoms with van der Waals surface area (Å²) in [5.41, 5.74) is 0.404. The van der Waals surface area contributed by atoms with Crippen molar-refractivity contribution in [1.29, 1.82) is 0 Å². The minimum Gasteiger partial charge on any atom is -0.385 e. The van der Waals surface area contributed by atoms with Crippen molar-refractivity contribution in [1.82, 2.24) is 0 Å². The minimum atomic E-state index is -1.25. The van der Waals surface area contributed by atoms with Gasteiger partial charge in [0.25, 0.3) is 0 Å². The van der Waals surface area contributed by atoms with Gasteiger partial charge in [0.15, 0.2) is 0 Å². The van der Waals surface area contributed by atoms with Crippen LogP contribution in [0.3, 0.4) is 0 Å². The van der Waals surface area contributed by atoms with Crippen molar-refractivity contribution in [2.75, 3.05) is 5.32 Å². The second-order valence-electron chi connectivity index (χ2n) is 5.33. The molecule has 0 fully saturated rings. The second-order valence-corrected chi connectivity index (χ2v) is 5.33. The Balaban J connectivity index is 2.06. The maximum Gasteiger partial charge on any atom is 0.227 e. The average molecular weight is 287 g/mol. The van der Waals surface area contributed by atoms with Crippen LogP contribution in [0.2, 0.25) is 0 Å². The molecule has 21 heavy (non-hydrogen) atoms. The number of aryl methyl sites for hydroxylation is 1. The number of halogens is 1. The van der Waals surface area contributed by atoms with Crippen LogP contribution in [-0.4, -0.2) is 11.0 Å². The highest BCUT2D eigenvalue weighted by atomic mass is 19.1. The monoisotopic (exact) mass is 287 g/mol. The molecule has 0 heterocycles. The SMILES string of the molecule is Cc1cc(NC(=O)CC(C)(O)c2ccccc2)ccc1F. The summed E-state index contributed by atoms with van der Waals surface area (Å²) < 4.78 is 13.2. The highest BCUT2D eigenvalue weighted by Gasteiger charge is 2.26. The van der Waals surface area contributed by atoms with Gasteiger partial charge >= 0.3 is 0 Å². The Morgan fingerprint density at radius 3 is 2.52 bits per heavy atom. The molecule has 3 nitrogen and oxygen atoms in total. The fourth-order valence-corrected chi connectivity index (χ4v) is 2.14. The van der Waals surface area contributed by atoms with Crippen LogP contribution in [0.15, 0.2) is 48.5 Å². The van der Waals surface area contributed by atoms with E-state index in [0.717, 1.165) is 0 Å². The van der Waals surface area contributed by atoms with Crippen LogP contribution >= 0.6 is 0 Å². The molecule has 1 atom stereocenters. The lowest BCUT2D eigenvalue weighted by Crippen LogP contribution is -2.28. The van der Waals surface area contributed by atoms with Gasteiger partial charge in [0.2, 0.25) is 5.91 Å². The van der Waals surface area contributed by atoms with Crippen molar-refractivity contribution in [3.8, 4) is 0 Å². The first-order chi connectivity index (χ1) is 9.88. The van der Waals surface area contributed by atoms with Crippen molar-refractivity contribution >= 4 is 11.6 Å². The number of carbonyl (C=O) groups excluding carboxylic acids is 1. The Kier molecular flexibility index (Phi) is 4.38. The molecule has 0 spiro atoms. The van der Waals surface area contributed by atoms with Crippen molar-refractivity contribution in [3.05, 3.63) is 65.5 Å². The molecule has 4 heteroatoms. The lowest BCUT2D eigenvalue weighted by atomic mass is 9.92. The first-order valence-corrected chi connectivity index (χ1v) is 6.72. The summed E-state index contributed by atoms with van der Waals surface area (Å²) >= 11 is 0. The molecule has 110 valence electrons. The van der Waals surface area contributed by atoms with Crippen LogP contribution in [0, 0.1) is 12.7 Å². The number of hydrogen-bond acceptors (Lipinski definition) is 2. The first-order valence-electron chi connectivity index (χ1n) is 6.72. The fourth-order valence-electron chi connectivity index (χ4n) is 2.14. The molecule has 0 aromatic heterocycles. The van der Waals surface area contributed by atoms with Gasteiger partial charge in [-0.15, -0.1) is 0 Å². The van der Waals surface area contributed by atoms with E-state index in [1.165, 1.54) is 12.1 Å². The molecule has 0 aliphatic carbocycles. The summed E-state index contributed by atoms with van der Waals surface area (Å²) in [5.74, 6) is -0.640. The number of aliphatic hydroxyl groups is 1.